The van der Waals surface area contributed by atoms with Gasteiger partial charge in [-0.25, -0.2) is 19.7 Å². The maximum absolute atomic E-state index is 11.3. The number of fused-ring (bicyclic) bond motifs is 1. The van der Waals surface area contributed by atoms with Crippen LogP contribution in [0.25, 0.3) is 0 Å². The van der Waals surface area contributed by atoms with Gasteiger partial charge in [0.15, 0.2) is 0 Å². The van der Waals surface area contributed by atoms with Gasteiger partial charge in [-0.15, -0.1) is 0 Å². The summed E-state index contributed by atoms with van der Waals surface area (Å²) in [6.45, 7) is 4.77. The van der Waals surface area contributed by atoms with Crippen LogP contribution in [0.1, 0.15) is 73.6 Å². The van der Waals surface area contributed by atoms with Gasteiger partial charge in [0.1, 0.15) is 17.7 Å². The lowest BCUT2D eigenvalue weighted by molar-refractivity contribution is 0.0694. The van der Waals surface area contributed by atoms with Crippen molar-refractivity contribution in [2.24, 2.45) is 5.73 Å². The Morgan fingerprint density at radius 2 is 1.76 bits per heavy atom. The van der Waals surface area contributed by atoms with Crippen LogP contribution < -0.4 is 5.73 Å². The highest BCUT2D eigenvalue weighted by Crippen LogP contribution is 2.34. The first-order valence-corrected chi connectivity index (χ1v) is 12.4. The molecule has 10 heteroatoms. The number of aromatic nitrogens is 5. The number of hydrogen-bond donors (Lipinski definition) is 3. The molecule has 0 aliphatic heterocycles. The molecule has 4 N–H and O–H groups in total. The van der Waals surface area contributed by atoms with Gasteiger partial charge in [0.25, 0.3) is 0 Å². The number of amides is 1. The molecule has 0 saturated heterocycles. The fraction of sp³-hybridized carbons (Fsp3) is 0.286. The molecule has 5 rings (SSSR count). The average molecular weight is 514 g/mol. The number of nitrogens with one attached hydrogen (secondary N) is 1. The number of primary amides is 1. The van der Waals surface area contributed by atoms with Gasteiger partial charge in [0.2, 0.25) is 5.91 Å². The Balaban J connectivity index is 0.000000257. The number of aryl methyl sites for hydroxylation is 3. The number of rotatable bonds is 7. The van der Waals surface area contributed by atoms with Crippen molar-refractivity contribution < 1.29 is 14.7 Å². The zero-order valence-corrected chi connectivity index (χ0v) is 21.5. The van der Waals surface area contributed by atoms with E-state index in [1.807, 2.05) is 30.6 Å². The van der Waals surface area contributed by atoms with Crippen molar-refractivity contribution in [2.75, 3.05) is 0 Å². The van der Waals surface area contributed by atoms with Gasteiger partial charge in [-0.2, -0.15) is 0 Å². The van der Waals surface area contributed by atoms with Gasteiger partial charge < -0.3 is 15.8 Å². The standard InChI is InChI=1S/C21H23N5O.C7H8N2O2/c22-21(27)17-8-6-15(7-9-17)13-26(14-19-23-11-12-24-19)18-5-1-3-16-4-2-10-25-20(16)18;1-4-6(7(10)11)5(2)9-3-8-4/h2,4,6-12,18H,1,3,5,13-14H2,(H2,22,27)(H,23,24);3H,1-2H3,(H,10,11). The molecule has 0 spiro atoms. The van der Waals surface area contributed by atoms with Crippen molar-refractivity contribution in [1.82, 2.24) is 29.8 Å². The molecule has 196 valence electrons. The molecule has 0 bridgehead atoms. The number of imidazole rings is 1. The maximum atomic E-state index is 11.3. The molecule has 38 heavy (non-hydrogen) atoms. The summed E-state index contributed by atoms with van der Waals surface area (Å²) >= 11 is 0. The third-order valence-electron chi connectivity index (χ3n) is 6.58. The number of nitrogens with zero attached hydrogens (tertiary/aromatic N) is 5. The summed E-state index contributed by atoms with van der Waals surface area (Å²) in [4.78, 5) is 44.1. The minimum Gasteiger partial charge on any atom is -0.478 e. The first-order chi connectivity index (χ1) is 18.3. The number of pyridine rings is 1. The summed E-state index contributed by atoms with van der Waals surface area (Å²) in [6.07, 6.45) is 10.2. The highest BCUT2D eigenvalue weighted by Gasteiger charge is 2.28. The van der Waals surface area contributed by atoms with Gasteiger partial charge >= 0.3 is 5.97 Å². The Morgan fingerprint density at radius 3 is 2.37 bits per heavy atom. The topological polar surface area (TPSA) is 151 Å². The van der Waals surface area contributed by atoms with E-state index < -0.39 is 11.9 Å². The molecule has 1 aliphatic carbocycles. The third-order valence-corrected chi connectivity index (χ3v) is 6.58. The number of carbonyl (C=O) groups is 2. The molecule has 1 atom stereocenters. The molecule has 0 fully saturated rings. The Kier molecular flexibility index (Phi) is 8.55. The quantitative estimate of drug-likeness (QED) is 0.338. The van der Waals surface area contributed by atoms with Gasteiger partial charge in [0, 0.05) is 30.7 Å². The Morgan fingerprint density at radius 1 is 1.03 bits per heavy atom. The summed E-state index contributed by atoms with van der Waals surface area (Å²) < 4.78 is 0. The number of aromatic carboxylic acids is 1. The van der Waals surface area contributed by atoms with Crippen LogP contribution in [0.15, 0.2) is 61.3 Å². The van der Waals surface area contributed by atoms with Gasteiger partial charge in [0.05, 0.1) is 29.7 Å². The minimum atomic E-state index is -0.972. The van der Waals surface area contributed by atoms with E-state index in [-0.39, 0.29) is 11.6 Å². The second-order valence-corrected chi connectivity index (χ2v) is 9.18. The highest BCUT2D eigenvalue weighted by molar-refractivity contribution is 5.92. The second-order valence-electron chi connectivity index (χ2n) is 9.18. The molecule has 4 aromatic rings. The zero-order valence-electron chi connectivity index (χ0n) is 21.5. The molecule has 1 amide bonds. The van der Waals surface area contributed by atoms with Crippen molar-refractivity contribution >= 4 is 11.9 Å². The highest BCUT2D eigenvalue weighted by atomic mass is 16.4. The minimum absolute atomic E-state index is 0.201. The molecule has 3 aromatic heterocycles. The van der Waals surface area contributed by atoms with Crippen LogP contribution in [0.2, 0.25) is 0 Å². The van der Waals surface area contributed by atoms with Crippen molar-refractivity contribution in [3.05, 3.63) is 106 Å². The summed E-state index contributed by atoms with van der Waals surface area (Å²) in [5.41, 5.74) is 10.7. The van der Waals surface area contributed by atoms with Crippen LogP contribution in [0, 0.1) is 13.8 Å². The van der Waals surface area contributed by atoms with Crippen LogP contribution in [-0.2, 0) is 19.5 Å². The first-order valence-electron chi connectivity index (χ1n) is 12.4. The van der Waals surface area contributed by atoms with Crippen LogP contribution in [0.4, 0.5) is 0 Å². The Labute approximate surface area is 221 Å². The van der Waals surface area contributed by atoms with Crippen LogP contribution in [0.5, 0.6) is 0 Å². The normalized spacial score (nSPS) is 14.3. The monoisotopic (exact) mass is 513 g/mol. The van der Waals surface area contributed by atoms with Crippen LogP contribution in [0.3, 0.4) is 0 Å². The van der Waals surface area contributed by atoms with E-state index in [9.17, 15) is 9.59 Å². The molecular formula is C28H31N7O3. The lowest BCUT2D eigenvalue weighted by Crippen LogP contribution is -2.31. The lowest BCUT2D eigenvalue weighted by Gasteiger charge is -2.34. The van der Waals surface area contributed by atoms with Crippen molar-refractivity contribution in [2.45, 2.75) is 52.2 Å². The largest absolute Gasteiger partial charge is 0.478 e. The van der Waals surface area contributed by atoms with Gasteiger partial charge in [-0.1, -0.05) is 18.2 Å². The van der Waals surface area contributed by atoms with E-state index >= 15 is 0 Å². The summed E-state index contributed by atoms with van der Waals surface area (Å²) in [6, 6.07) is 12.0. The van der Waals surface area contributed by atoms with E-state index in [2.05, 4.69) is 30.9 Å². The lowest BCUT2D eigenvalue weighted by atomic mass is 9.90. The second kappa shape index (κ2) is 12.2. The average Bonchev–Trinajstić information content (AvgIpc) is 3.42. The molecule has 0 saturated carbocycles. The molecule has 1 aliphatic rings. The summed E-state index contributed by atoms with van der Waals surface area (Å²) in [5, 5.41) is 8.67. The molecule has 1 unspecified atom stereocenters. The Bertz CT molecular complexity index is 1370. The predicted octanol–water partition coefficient (Wildman–Crippen LogP) is 3.78. The number of hydrogen-bond acceptors (Lipinski definition) is 7. The number of H-pyrrole nitrogens is 1. The third kappa shape index (κ3) is 6.46. The predicted molar refractivity (Wildman–Crippen MR) is 141 cm³/mol. The van der Waals surface area contributed by atoms with E-state index in [4.69, 9.17) is 15.8 Å². The molecule has 3 heterocycles. The van der Waals surface area contributed by atoms with Gasteiger partial charge in [-0.3, -0.25) is 14.7 Å². The van der Waals surface area contributed by atoms with E-state index in [1.165, 1.54) is 17.6 Å². The SMILES string of the molecule is Cc1ncnc(C)c1C(=O)O.NC(=O)c1ccc(CN(Cc2ncc[nH]2)C2CCCc3cccnc32)cc1. The zero-order chi connectivity index (χ0) is 27.1. The number of carbonyl (C=O) groups excluding carboxylic acids is 1. The number of aromatic amines is 1. The number of benzene rings is 1. The van der Waals surface area contributed by atoms with E-state index in [0.29, 0.717) is 23.5 Å². The number of carboxylic acid groups (broad SMARTS) is 1. The Hall–Kier alpha value is -4.44. The van der Waals surface area contributed by atoms with E-state index in [1.54, 1.807) is 32.2 Å². The molecule has 0 radical (unpaired) electrons. The fourth-order valence-corrected chi connectivity index (χ4v) is 4.70. The summed E-state index contributed by atoms with van der Waals surface area (Å²) in [7, 11) is 0. The first kappa shape index (κ1) is 26.6. The molecule has 10 nitrogen and oxygen atoms in total. The fourth-order valence-electron chi connectivity index (χ4n) is 4.70. The molecule has 1 aromatic carbocycles. The van der Waals surface area contributed by atoms with Gasteiger partial charge in [-0.05, 0) is 62.4 Å². The van der Waals surface area contributed by atoms with Crippen molar-refractivity contribution in [1.29, 1.82) is 0 Å². The van der Waals surface area contributed by atoms with Crippen molar-refractivity contribution in [3.8, 4) is 0 Å². The molecular weight excluding hydrogens is 482 g/mol. The summed E-state index contributed by atoms with van der Waals surface area (Å²) in [5.74, 6) is -0.438. The van der Waals surface area contributed by atoms with E-state index in [0.717, 1.165) is 37.2 Å². The number of nitrogens with two attached hydrogens (primary N) is 1. The number of carboxylic acids is 1. The van der Waals surface area contributed by atoms with Crippen LogP contribution >= 0.6 is 0 Å². The smallest absolute Gasteiger partial charge is 0.339 e. The maximum Gasteiger partial charge on any atom is 0.339 e. The van der Waals surface area contributed by atoms with Crippen LogP contribution in [-0.4, -0.2) is 46.8 Å². The van der Waals surface area contributed by atoms with Crippen molar-refractivity contribution in [3.63, 3.8) is 0 Å².